The third-order valence-corrected chi connectivity index (χ3v) is 2.12. The number of benzene rings is 1. The first-order chi connectivity index (χ1) is 8.31. The minimum Gasteiger partial charge on any atom is -0.468 e. The van der Waals surface area contributed by atoms with Gasteiger partial charge in [0, 0.05) is 0 Å². The Morgan fingerprint density at radius 1 is 1.32 bits per heavy atom. The second-order valence-corrected chi connectivity index (χ2v) is 3.53. The molecule has 0 fully saturated rings. The quantitative estimate of drug-likeness (QED) is 0.864. The van der Waals surface area contributed by atoms with Crippen LogP contribution >= 0.6 is 12.4 Å². The second kappa shape index (κ2) is 7.20. The fourth-order valence-electron chi connectivity index (χ4n) is 1.32. The van der Waals surface area contributed by atoms with Crippen LogP contribution in [0.4, 0.5) is 13.2 Å². The van der Waals surface area contributed by atoms with Gasteiger partial charge >= 0.3 is 12.3 Å². The molecule has 1 aromatic rings. The summed E-state index contributed by atoms with van der Waals surface area (Å²) in [4.78, 5) is 11.1. The lowest BCUT2D eigenvalue weighted by molar-refractivity contribution is -0.274. The Balaban J connectivity index is 0.00000324. The molecule has 19 heavy (non-hydrogen) atoms. The number of ether oxygens (including phenoxy) is 2. The zero-order valence-corrected chi connectivity index (χ0v) is 10.8. The molecule has 0 aliphatic carbocycles. The van der Waals surface area contributed by atoms with E-state index in [4.69, 9.17) is 5.73 Å². The summed E-state index contributed by atoms with van der Waals surface area (Å²) in [6, 6.07) is 4.29. The molecule has 108 valence electrons. The monoisotopic (exact) mass is 299 g/mol. The lowest BCUT2D eigenvalue weighted by Gasteiger charge is -2.11. The first-order valence-corrected chi connectivity index (χ1v) is 5.00. The Morgan fingerprint density at radius 3 is 2.26 bits per heavy atom. The van der Waals surface area contributed by atoms with Crippen molar-refractivity contribution in [2.45, 2.75) is 18.8 Å². The Labute approximate surface area is 114 Å². The Hall–Kier alpha value is -1.47. The highest BCUT2D eigenvalue weighted by atomic mass is 35.5. The molecule has 0 radical (unpaired) electrons. The maximum Gasteiger partial charge on any atom is 0.573 e. The van der Waals surface area contributed by atoms with Gasteiger partial charge in [0.05, 0.1) is 7.11 Å². The number of rotatable bonds is 4. The molecular formula is C11H13ClF3NO3. The first-order valence-electron chi connectivity index (χ1n) is 5.00. The van der Waals surface area contributed by atoms with E-state index < -0.39 is 18.4 Å². The largest absolute Gasteiger partial charge is 0.573 e. The average molecular weight is 300 g/mol. The second-order valence-electron chi connectivity index (χ2n) is 3.53. The van der Waals surface area contributed by atoms with Crippen molar-refractivity contribution in [1.82, 2.24) is 0 Å². The van der Waals surface area contributed by atoms with Crippen molar-refractivity contribution in [1.29, 1.82) is 0 Å². The normalized spacial score (nSPS) is 12.3. The summed E-state index contributed by atoms with van der Waals surface area (Å²) in [5.41, 5.74) is 6.13. The van der Waals surface area contributed by atoms with Gasteiger partial charge in [0.2, 0.25) is 0 Å². The molecule has 8 heteroatoms. The van der Waals surface area contributed by atoms with Crippen LogP contribution < -0.4 is 10.5 Å². The lowest BCUT2D eigenvalue weighted by atomic mass is 10.1. The number of methoxy groups -OCH3 is 1. The summed E-state index contributed by atoms with van der Waals surface area (Å²) < 4.78 is 43.8. The molecule has 0 saturated carbocycles. The molecule has 0 bridgehead atoms. The van der Waals surface area contributed by atoms with Crippen LogP contribution in [0.5, 0.6) is 5.75 Å². The number of esters is 1. The Morgan fingerprint density at radius 2 is 1.84 bits per heavy atom. The molecule has 1 unspecified atom stereocenters. The summed E-state index contributed by atoms with van der Waals surface area (Å²) in [5, 5.41) is 0. The van der Waals surface area contributed by atoms with Crippen molar-refractivity contribution in [3.63, 3.8) is 0 Å². The maximum absolute atomic E-state index is 11.9. The van der Waals surface area contributed by atoms with E-state index in [1.165, 1.54) is 19.2 Å². The minimum absolute atomic E-state index is 0. The molecule has 2 N–H and O–H groups in total. The summed E-state index contributed by atoms with van der Waals surface area (Å²) in [7, 11) is 1.21. The third kappa shape index (κ3) is 6.30. The van der Waals surface area contributed by atoms with Crippen molar-refractivity contribution < 1.29 is 27.4 Å². The smallest absolute Gasteiger partial charge is 0.468 e. The minimum atomic E-state index is -4.72. The van der Waals surface area contributed by atoms with Gasteiger partial charge < -0.3 is 15.2 Å². The van der Waals surface area contributed by atoms with E-state index in [1.807, 2.05) is 0 Å². The summed E-state index contributed by atoms with van der Waals surface area (Å²) in [6.07, 6.45) is -4.54. The molecule has 0 aromatic heterocycles. The van der Waals surface area contributed by atoms with E-state index >= 15 is 0 Å². The van der Waals surface area contributed by atoms with Crippen LogP contribution in [0, 0.1) is 0 Å². The molecule has 0 aliphatic heterocycles. The standard InChI is InChI=1S/C11H12F3NO3.ClH/c1-17-10(16)9(15)6-7-2-4-8(5-3-7)18-11(12,13)14;/h2-5,9H,6,15H2,1H3;1H. The van der Waals surface area contributed by atoms with Crippen molar-refractivity contribution in [3.05, 3.63) is 29.8 Å². The summed E-state index contributed by atoms with van der Waals surface area (Å²) in [5.74, 6) is -0.900. The van der Waals surface area contributed by atoms with Gasteiger partial charge in [-0.25, -0.2) is 0 Å². The zero-order valence-electron chi connectivity index (χ0n) is 9.94. The van der Waals surface area contributed by atoms with Gasteiger partial charge in [-0.1, -0.05) is 12.1 Å². The van der Waals surface area contributed by atoms with Gasteiger partial charge in [-0.05, 0) is 24.1 Å². The van der Waals surface area contributed by atoms with Gasteiger partial charge in [0.15, 0.2) is 0 Å². The summed E-state index contributed by atoms with van der Waals surface area (Å²) in [6.45, 7) is 0. The van der Waals surface area contributed by atoms with E-state index in [1.54, 1.807) is 0 Å². The highest BCUT2D eigenvalue weighted by Crippen LogP contribution is 2.22. The van der Waals surface area contributed by atoms with Gasteiger partial charge in [-0.3, -0.25) is 4.79 Å². The van der Waals surface area contributed by atoms with Gasteiger partial charge in [0.25, 0.3) is 0 Å². The van der Waals surface area contributed by atoms with E-state index in [2.05, 4.69) is 9.47 Å². The highest BCUT2D eigenvalue weighted by Gasteiger charge is 2.30. The van der Waals surface area contributed by atoms with Gasteiger partial charge in [0.1, 0.15) is 11.8 Å². The fraction of sp³-hybridized carbons (Fsp3) is 0.364. The molecular weight excluding hydrogens is 287 g/mol. The molecule has 4 nitrogen and oxygen atoms in total. The first kappa shape index (κ1) is 17.5. The van der Waals surface area contributed by atoms with Crippen LogP contribution in [0.3, 0.4) is 0 Å². The average Bonchev–Trinajstić information content (AvgIpc) is 2.28. The van der Waals surface area contributed by atoms with Crippen LogP contribution in [0.1, 0.15) is 5.56 Å². The summed E-state index contributed by atoms with van der Waals surface area (Å²) >= 11 is 0. The van der Waals surface area contributed by atoms with Gasteiger partial charge in [-0.15, -0.1) is 25.6 Å². The van der Waals surface area contributed by atoms with E-state index in [0.717, 1.165) is 12.1 Å². The van der Waals surface area contributed by atoms with Crippen LogP contribution in [0.15, 0.2) is 24.3 Å². The van der Waals surface area contributed by atoms with E-state index in [-0.39, 0.29) is 24.6 Å². The van der Waals surface area contributed by atoms with Crippen molar-refractivity contribution >= 4 is 18.4 Å². The maximum atomic E-state index is 11.9. The van der Waals surface area contributed by atoms with E-state index in [0.29, 0.717) is 5.56 Å². The van der Waals surface area contributed by atoms with Crippen molar-refractivity contribution in [2.24, 2.45) is 5.73 Å². The molecule has 1 rings (SSSR count). The SMILES string of the molecule is COC(=O)C(N)Cc1ccc(OC(F)(F)F)cc1.Cl. The lowest BCUT2D eigenvalue weighted by Crippen LogP contribution is -2.33. The third-order valence-electron chi connectivity index (χ3n) is 2.12. The van der Waals surface area contributed by atoms with Crippen LogP contribution in [0.25, 0.3) is 0 Å². The topological polar surface area (TPSA) is 61.5 Å². The Kier molecular flexibility index (Phi) is 6.64. The molecule has 0 amide bonds. The number of nitrogens with two attached hydrogens (primary N) is 1. The van der Waals surface area contributed by atoms with Crippen LogP contribution in [-0.2, 0) is 16.0 Å². The van der Waals surface area contributed by atoms with E-state index in [9.17, 15) is 18.0 Å². The molecule has 1 aromatic carbocycles. The molecule has 0 heterocycles. The predicted molar refractivity (Wildman–Crippen MR) is 64.1 cm³/mol. The fourth-order valence-corrected chi connectivity index (χ4v) is 1.32. The number of alkyl halides is 3. The number of hydrogen-bond donors (Lipinski definition) is 1. The molecule has 0 spiro atoms. The molecule has 0 saturated heterocycles. The number of carbonyl (C=O) groups is 1. The van der Waals surface area contributed by atoms with Crippen molar-refractivity contribution in [3.8, 4) is 5.75 Å². The number of hydrogen-bond acceptors (Lipinski definition) is 4. The van der Waals surface area contributed by atoms with Crippen molar-refractivity contribution in [2.75, 3.05) is 7.11 Å². The number of halogens is 4. The Bertz CT molecular complexity index is 409. The predicted octanol–water partition coefficient (Wildman–Crippen LogP) is 2.05. The zero-order chi connectivity index (χ0) is 13.8. The highest BCUT2D eigenvalue weighted by molar-refractivity contribution is 5.85. The molecule has 0 aliphatic rings. The van der Waals surface area contributed by atoms with Gasteiger partial charge in [-0.2, -0.15) is 0 Å². The van der Waals surface area contributed by atoms with Crippen LogP contribution in [-0.4, -0.2) is 25.5 Å². The molecule has 1 atom stereocenters. The number of carbonyl (C=O) groups excluding carboxylic acids is 1. The van der Waals surface area contributed by atoms with Crippen LogP contribution in [0.2, 0.25) is 0 Å².